The van der Waals surface area contributed by atoms with Crippen LogP contribution < -0.4 is 5.32 Å². The molecular weight excluding hydrogens is 451 g/mol. The molecule has 2 aromatic rings. The van der Waals surface area contributed by atoms with E-state index in [1.807, 2.05) is 6.92 Å². The van der Waals surface area contributed by atoms with Gasteiger partial charge in [0.2, 0.25) is 11.8 Å². The zero-order valence-electron chi connectivity index (χ0n) is 18.5. The molecule has 2 aromatic carbocycles. The van der Waals surface area contributed by atoms with Gasteiger partial charge in [-0.15, -0.1) is 11.8 Å². The Kier molecular flexibility index (Phi) is 10.2. The maximum atomic E-state index is 13.2. The van der Waals surface area contributed by atoms with Gasteiger partial charge in [0.15, 0.2) is 0 Å². The van der Waals surface area contributed by atoms with Crippen LogP contribution in [0.1, 0.15) is 42.5 Å². The number of halogens is 2. The van der Waals surface area contributed by atoms with Crippen LogP contribution in [-0.2, 0) is 21.9 Å². The minimum Gasteiger partial charge on any atom is -0.354 e. The molecule has 1 unspecified atom stereocenters. The first-order chi connectivity index (χ1) is 14.7. The van der Waals surface area contributed by atoms with E-state index in [1.54, 1.807) is 30.0 Å². The molecule has 7 heteroatoms. The fourth-order valence-electron chi connectivity index (χ4n) is 3.32. The van der Waals surface area contributed by atoms with E-state index in [9.17, 15) is 9.59 Å². The minimum atomic E-state index is -0.631. The standard InChI is InChI=1S/C24H30Cl2N2O2S/c1-5-9-27-24(30)18(4)28(13-20-21(25)7-6-8-22(20)26)23(29)15-31-14-19-11-16(2)10-17(3)12-19/h6-8,10-12,18H,5,9,13-15H2,1-4H3,(H,27,30). The maximum absolute atomic E-state index is 13.2. The van der Waals surface area contributed by atoms with E-state index >= 15 is 0 Å². The Hall–Kier alpha value is -1.69. The van der Waals surface area contributed by atoms with Gasteiger partial charge in [-0.2, -0.15) is 0 Å². The summed E-state index contributed by atoms with van der Waals surface area (Å²) in [5.74, 6) is 0.688. The van der Waals surface area contributed by atoms with E-state index < -0.39 is 6.04 Å². The van der Waals surface area contributed by atoms with E-state index in [1.165, 1.54) is 28.5 Å². The highest BCUT2D eigenvalue weighted by molar-refractivity contribution is 7.99. The molecule has 31 heavy (non-hydrogen) atoms. The molecule has 0 radical (unpaired) electrons. The molecule has 0 heterocycles. The lowest BCUT2D eigenvalue weighted by molar-refractivity contribution is -0.138. The van der Waals surface area contributed by atoms with E-state index in [0.717, 1.165) is 12.2 Å². The van der Waals surface area contributed by atoms with Gasteiger partial charge in [0.05, 0.1) is 5.75 Å². The van der Waals surface area contributed by atoms with Crippen LogP contribution in [0.3, 0.4) is 0 Å². The molecule has 2 amide bonds. The predicted octanol–water partition coefficient (Wildman–Crippen LogP) is 5.79. The van der Waals surface area contributed by atoms with Crippen molar-refractivity contribution in [2.24, 2.45) is 0 Å². The predicted molar refractivity (Wildman–Crippen MR) is 132 cm³/mol. The summed E-state index contributed by atoms with van der Waals surface area (Å²) in [6.07, 6.45) is 0.828. The Balaban J connectivity index is 2.14. The van der Waals surface area contributed by atoms with Crippen molar-refractivity contribution in [1.82, 2.24) is 10.2 Å². The quantitative estimate of drug-likeness (QED) is 0.468. The molecule has 0 bridgehead atoms. The smallest absolute Gasteiger partial charge is 0.242 e. The Bertz CT molecular complexity index is 880. The van der Waals surface area contributed by atoms with Crippen LogP contribution in [0.5, 0.6) is 0 Å². The monoisotopic (exact) mass is 480 g/mol. The number of carbonyl (C=O) groups is 2. The Labute approximate surface area is 199 Å². The van der Waals surface area contributed by atoms with Crippen LogP contribution in [0.4, 0.5) is 0 Å². The second-order valence-electron chi connectivity index (χ2n) is 7.68. The molecule has 0 aliphatic heterocycles. The SMILES string of the molecule is CCCNC(=O)C(C)N(Cc1c(Cl)cccc1Cl)C(=O)CSCc1cc(C)cc(C)c1. The summed E-state index contributed by atoms with van der Waals surface area (Å²) in [6.45, 7) is 8.61. The summed E-state index contributed by atoms with van der Waals surface area (Å²) in [5.41, 5.74) is 4.25. The normalized spacial score (nSPS) is 11.8. The van der Waals surface area contributed by atoms with Gasteiger partial charge in [-0.1, -0.05) is 65.5 Å². The van der Waals surface area contributed by atoms with Gasteiger partial charge in [-0.3, -0.25) is 9.59 Å². The number of aryl methyl sites for hydroxylation is 2. The summed E-state index contributed by atoms with van der Waals surface area (Å²) in [7, 11) is 0. The first-order valence-electron chi connectivity index (χ1n) is 10.4. The van der Waals surface area contributed by atoms with Crippen LogP contribution in [0.25, 0.3) is 0 Å². The largest absolute Gasteiger partial charge is 0.354 e. The van der Waals surface area contributed by atoms with Crippen LogP contribution in [0, 0.1) is 13.8 Å². The average Bonchev–Trinajstić information content (AvgIpc) is 2.70. The first kappa shape index (κ1) is 25.6. The summed E-state index contributed by atoms with van der Waals surface area (Å²) < 4.78 is 0. The van der Waals surface area contributed by atoms with Crippen LogP contribution in [0.15, 0.2) is 36.4 Å². The topological polar surface area (TPSA) is 49.4 Å². The number of benzene rings is 2. The molecular formula is C24H30Cl2N2O2S. The summed E-state index contributed by atoms with van der Waals surface area (Å²) >= 11 is 14.2. The van der Waals surface area contributed by atoms with Crippen molar-refractivity contribution in [3.05, 3.63) is 68.7 Å². The zero-order valence-corrected chi connectivity index (χ0v) is 20.8. The van der Waals surface area contributed by atoms with E-state index in [-0.39, 0.29) is 24.1 Å². The van der Waals surface area contributed by atoms with Crippen molar-refractivity contribution in [3.8, 4) is 0 Å². The number of thioether (sulfide) groups is 1. The Morgan fingerprint density at radius 3 is 2.29 bits per heavy atom. The van der Waals surface area contributed by atoms with Crippen molar-refractivity contribution in [2.75, 3.05) is 12.3 Å². The third kappa shape index (κ3) is 7.74. The van der Waals surface area contributed by atoms with Gasteiger partial charge in [-0.25, -0.2) is 0 Å². The Morgan fingerprint density at radius 1 is 1.10 bits per heavy atom. The third-order valence-corrected chi connectivity index (χ3v) is 6.58. The van der Waals surface area contributed by atoms with Crippen molar-refractivity contribution < 1.29 is 9.59 Å². The number of hydrogen-bond donors (Lipinski definition) is 1. The molecule has 1 atom stereocenters. The third-order valence-electron chi connectivity index (χ3n) is 4.88. The van der Waals surface area contributed by atoms with Gasteiger partial charge in [0.1, 0.15) is 6.04 Å². The molecule has 2 rings (SSSR count). The molecule has 0 spiro atoms. The molecule has 4 nitrogen and oxygen atoms in total. The average molecular weight is 481 g/mol. The lowest BCUT2D eigenvalue weighted by atomic mass is 10.1. The molecule has 0 saturated heterocycles. The molecule has 0 aromatic heterocycles. The fraction of sp³-hybridized carbons (Fsp3) is 0.417. The zero-order chi connectivity index (χ0) is 23.0. The second kappa shape index (κ2) is 12.4. The minimum absolute atomic E-state index is 0.121. The molecule has 168 valence electrons. The summed E-state index contributed by atoms with van der Waals surface area (Å²) in [5, 5.41) is 3.83. The molecule has 0 fully saturated rings. The number of rotatable bonds is 10. The lowest BCUT2D eigenvalue weighted by Gasteiger charge is -2.29. The van der Waals surface area contributed by atoms with Gasteiger partial charge in [0.25, 0.3) is 0 Å². The summed E-state index contributed by atoms with van der Waals surface area (Å²) in [6, 6.07) is 11.0. The van der Waals surface area contributed by atoms with Crippen LogP contribution in [0.2, 0.25) is 10.0 Å². The highest BCUT2D eigenvalue weighted by Crippen LogP contribution is 2.27. The molecule has 0 aliphatic rings. The number of amides is 2. The van der Waals surface area contributed by atoms with Gasteiger partial charge < -0.3 is 10.2 Å². The lowest BCUT2D eigenvalue weighted by Crippen LogP contribution is -2.48. The van der Waals surface area contributed by atoms with Crippen LogP contribution in [-0.4, -0.2) is 35.1 Å². The second-order valence-corrected chi connectivity index (χ2v) is 9.48. The van der Waals surface area contributed by atoms with E-state index in [2.05, 4.69) is 37.4 Å². The van der Waals surface area contributed by atoms with Gasteiger partial charge >= 0.3 is 0 Å². The maximum Gasteiger partial charge on any atom is 0.242 e. The van der Waals surface area contributed by atoms with Crippen molar-refractivity contribution >= 4 is 46.8 Å². The number of carbonyl (C=O) groups excluding carboxylic acids is 2. The van der Waals surface area contributed by atoms with Crippen LogP contribution >= 0.6 is 35.0 Å². The van der Waals surface area contributed by atoms with Gasteiger partial charge in [-0.05, 0) is 44.9 Å². The Morgan fingerprint density at radius 2 is 1.71 bits per heavy atom. The van der Waals surface area contributed by atoms with Crippen molar-refractivity contribution in [2.45, 2.75) is 52.5 Å². The molecule has 0 saturated carbocycles. The number of nitrogens with one attached hydrogen (secondary N) is 1. The highest BCUT2D eigenvalue weighted by Gasteiger charge is 2.27. The van der Waals surface area contributed by atoms with Gasteiger partial charge in [0, 0.05) is 34.5 Å². The van der Waals surface area contributed by atoms with E-state index in [4.69, 9.17) is 23.2 Å². The molecule has 0 aliphatic carbocycles. The number of hydrogen-bond acceptors (Lipinski definition) is 3. The fourth-order valence-corrected chi connectivity index (χ4v) is 4.69. The first-order valence-corrected chi connectivity index (χ1v) is 12.3. The summed E-state index contributed by atoms with van der Waals surface area (Å²) in [4.78, 5) is 27.3. The van der Waals surface area contributed by atoms with Crippen molar-refractivity contribution in [1.29, 1.82) is 0 Å². The molecule has 1 N–H and O–H groups in total. The number of nitrogens with zero attached hydrogens (tertiary/aromatic N) is 1. The van der Waals surface area contributed by atoms with Crippen molar-refractivity contribution in [3.63, 3.8) is 0 Å². The highest BCUT2D eigenvalue weighted by atomic mass is 35.5. The van der Waals surface area contributed by atoms with E-state index in [0.29, 0.717) is 22.2 Å².